The molecule has 2 amide bonds. The van der Waals surface area contributed by atoms with Crippen LogP contribution in [0.15, 0.2) is 54.6 Å². The van der Waals surface area contributed by atoms with Crippen LogP contribution >= 0.6 is 0 Å². The number of nitrogens with one attached hydrogen (secondary N) is 1. The molecule has 33 heavy (non-hydrogen) atoms. The fourth-order valence-corrected chi connectivity index (χ4v) is 4.30. The van der Waals surface area contributed by atoms with Gasteiger partial charge in [0.25, 0.3) is 5.69 Å². The van der Waals surface area contributed by atoms with Crippen LogP contribution in [0, 0.1) is 22.0 Å². The SMILES string of the molecule is CCCCCOc1ccc(Nc2ccc(N3C(=O)[C@@H]4CC=CC[C@H]4C3=O)cc2[N+](=O)[O-])cc1. The van der Waals surface area contributed by atoms with Gasteiger partial charge in [0, 0.05) is 11.8 Å². The lowest BCUT2D eigenvalue weighted by Gasteiger charge is -2.16. The van der Waals surface area contributed by atoms with E-state index in [0.717, 1.165) is 29.9 Å². The number of nitrogens with zero attached hydrogens (tertiary/aromatic N) is 2. The second-order valence-corrected chi connectivity index (χ2v) is 8.33. The smallest absolute Gasteiger partial charge is 0.294 e. The zero-order valence-electron chi connectivity index (χ0n) is 18.5. The topological polar surface area (TPSA) is 102 Å². The monoisotopic (exact) mass is 449 g/mol. The highest BCUT2D eigenvalue weighted by Gasteiger charge is 2.48. The summed E-state index contributed by atoms with van der Waals surface area (Å²) in [5.41, 5.74) is 0.962. The Morgan fingerprint density at radius 1 is 1.03 bits per heavy atom. The maximum absolute atomic E-state index is 12.8. The number of allylic oxidation sites excluding steroid dienone is 2. The maximum atomic E-state index is 12.8. The molecule has 0 spiro atoms. The molecule has 0 saturated carbocycles. The van der Waals surface area contributed by atoms with Crippen LogP contribution in [0.2, 0.25) is 0 Å². The molecule has 1 fully saturated rings. The molecule has 2 aromatic rings. The highest BCUT2D eigenvalue weighted by molar-refractivity contribution is 6.22. The van der Waals surface area contributed by atoms with E-state index >= 15 is 0 Å². The molecule has 2 atom stereocenters. The number of ether oxygens (including phenoxy) is 1. The number of anilines is 3. The van der Waals surface area contributed by atoms with E-state index in [2.05, 4.69) is 12.2 Å². The first-order chi connectivity index (χ1) is 16.0. The molecular weight excluding hydrogens is 422 g/mol. The van der Waals surface area contributed by atoms with Gasteiger partial charge in [-0.2, -0.15) is 0 Å². The standard InChI is InChI=1S/C25H27N3O5/c1-2-3-6-15-33-19-12-9-17(10-13-19)26-22-14-11-18(16-23(22)28(31)32)27-24(29)20-7-4-5-8-21(20)25(27)30/h4-5,9-14,16,20-21,26H,2-3,6-8,15H2,1H3/t20-,21-/m1/s1. The maximum Gasteiger partial charge on any atom is 0.294 e. The lowest BCUT2D eigenvalue weighted by atomic mass is 9.85. The van der Waals surface area contributed by atoms with E-state index < -0.39 is 4.92 Å². The van der Waals surface area contributed by atoms with Crippen LogP contribution in [-0.4, -0.2) is 23.3 Å². The molecule has 1 heterocycles. The number of amides is 2. The van der Waals surface area contributed by atoms with Gasteiger partial charge in [-0.25, -0.2) is 4.90 Å². The predicted octanol–water partition coefficient (Wildman–Crippen LogP) is 5.36. The van der Waals surface area contributed by atoms with Crippen molar-refractivity contribution in [3.63, 3.8) is 0 Å². The first kappa shape index (κ1) is 22.5. The molecule has 0 unspecified atom stereocenters. The van der Waals surface area contributed by atoms with Crippen LogP contribution in [-0.2, 0) is 9.59 Å². The highest BCUT2D eigenvalue weighted by Crippen LogP contribution is 2.40. The van der Waals surface area contributed by atoms with Gasteiger partial charge in [-0.1, -0.05) is 31.9 Å². The Kier molecular flexibility index (Phi) is 6.72. The second kappa shape index (κ2) is 9.85. The van der Waals surface area contributed by atoms with E-state index in [1.54, 1.807) is 18.2 Å². The number of carbonyl (C=O) groups is 2. The van der Waals surface area contributed by atoms with Crippen LogP contribution in [0.1, 0.15) is 39.0 Å². The number of imide groups is 1. The largest absolute Gasteiger partial charge is 0.494 e. The van der Waals surface area contributed by atoms with Crippen molar-refractivity contribution in [2.75, 3.05) is 16.8 Å². The van der Waals surface area contributed by atoms with Crippen molar-refractivity contribution in [1.82, 2.24) is 0 Å². The molecule has 172 valence electrons. The summed E-state index contributed by atoms with van der Waals surface area (Å²) >= 11 is 0. The Morgan fingerprint density at radius 3 is 2.30 bits per heavy atom. The third-order valence-electron chi connectivity index (χ3n) is 6.09. The summed E-state index contributed by atoms with van der Waals surface area (Å²) in [4.78, 5) is 38.0. The number of nitro groups is 1. The first-order valence-electron chi connectivity index (χ1n) is 11.3. The number of hydrogen-bond acceptors (Lipinski definition) is 6. The number of nitro benzene ring substituents is 1. The molecule has 2 aliphatic rings. The Balaban J connectivity index is 1.51. The molecule has 1 aliphatic heterocycles. The van der Waals surface area contributed by atoms with E-state index in [1.807, 2.05) is 24.3 Å². The second-order valence-electron chi connectivity index (χ2n) is 8.33. The fraction of sp³-hybridized carbons (Fsp3) is 0.360. The Morgan fingerprint density at radius 2 is 1.70 bits per heavy atom. The third-order valence-corrected chi connectivity index (χ3v) is 6.09. The summed E-state index contributed by atoms with van der Waals surface area (Å²) in [6, 6.07) is 11.6. The van der Waals surface area contributed by atoms with Crippen molar-refractivity contribution < 1.29 is 19.2 Å². The van der Waals surface area contributed by atoms with Crippen molar-refractivity contribution >= 4 is 34.6 Å². The van der Waals surface area contributed by atoms with Gasteiger partial charge < -0.3 is 10.1 Å². The van der Waals surface area contributed by atoms with Gasteiger partial charge in [0.2, 0.25) is 11.8 Å². The van der Waals surface area contributed by atoms with Gasteiger partial charge in [0.15, 0.2) is 0 Å². The predicted molar refractivity (Wildman–Crippen MR) is 126 cm³/mol. The van der Waals surface area contributed by atoms with Crippen LogP contribution in [0.5, 0.6) is 5.75 Å². The van der Waals surface area contributed by atoms with Gasteiger partial charge in [-0.05, 0) is 55.7 Å². The minimum absolute atomic E-state index is 0.207. The van der Waals surface area contributed by atoms with E-state index in [4.69, 9.17) is 4.74 Å². The number of carbonyl (C=O) groups excluding carboxylic acids is 2. The van der Waals surface area contributed by atoms with Crippen molar-refractivity contribution in [2.45, 2.75) is 39.0 Å². The van der Waals surface area contributed by atoms with Gasteiger partial charge in [0.1, 0.15) is 11.4 Å². The molecule has 0 radical (unpaired) electrons. The molecule has 1 saturated heterocycles. The summed E-state index contributed by atoms with van der Waals surface area (Å²) in [5.74, 6) is -0.620. The lowest BCUT2D eigenvalue weighted by Crippen LogP contribution is -2.30. The molecule has 8 nitrogen and oxygen atoms in total. The number of unbranched alkanes of at least 4 members (excludes halogenated alkanes) is 2. The van der Waals surface area contributed by atoms with Crippen molar-refractivity contribution in [3.05, 3.63) is 64.7 Å². The average Bonchev–Trinajstić information content (AvgIpc) is 3.08. The molecule has 8 heteroatoms. The average molecular weight is 450 g/mol. The van der Waals surface area contributed by atoms with Crippen LogP contribution in [0.4, 0.5) is 22.7 Å². The Labute approximate surface area is 192 Å². The van der Waals surface area contributed by atoms with E-state index in [1.165, 1.54) is 12.1 Å². The normalized spacial score (nSPS) is 19.5. The lowest BCUT2D eigenvalue weighted by molar-refractivity contribution is -0.383. The van der Waals surface area contributed by atoms with Crippen molar-refractivity contribution in [2.24, 2.45) is 11.8 Å². The summed E-state index contributed by atoms with van der Waals surface area (Å²) in [6.45, 7) is 2.79. The van der Waals surface area contributed by atoms with Crippen LogP contribution in [0.25, 0.3) is 0 Å². The van der Waals surface area contributed by atoms with Gasteiger partial charge in [0.05, 0.1) is 29.1 Å². The summed E-state index contributed by atoms with van der Waals surface area (Å²) < 4.78 is 5.70. The molecule has 0 aromatic heterocycles. The molecule has 0 bridgehead atoms. The number of benzene rings is 2. The molecule has 1 N–H and O–H groups in total. The van der Waals surface area contributed by atoms with Crippen LogP contribution < -0.4 is 15.0 Å². The van der Waals surface area contributed by atoms with Gasteiger partial charge in [-0.15, -0.1) is 0 Å². The summed E-state index contributed by atoms with van der Waals surface area (Å²) in [6.07, 6.45) is 8.10. The Bertz CT molecular complexity index is 1050. The van der Waals surface area contributed by atoms with Crippen LogP contribution in [0.3, 0.4) is 0 Å². The number of fused-ring (bicyclic) bond motifs is 1. The third kappa shape index (κ3) is 4.74. The number of rotatable bonds is 9. The van der Waals surface area contributed by atoms with Gasteiger partial charge >= 0.3 is 0 Å². The molecular formula is C25H27N3O5. The quantitative estimate of drug-likeness (QED) is 0.182. The zero-order valence-corrected chi connectivity index (χ0v) is 18.5. The van der Waals surface area contributed by atoms with E-state index in [-0.39, 0.29) is 40.7 Å². The van der Waals surface area contributed by atoms with Crippen molar-refractivity contribution in [3.8, 4) is 5.75 Å². The highest BCUT2D eigenvalue weighted by atomic mass is 16.6. The number of hydrogen-bond donors (Lipinski definition) is 1. The minimum Gasteiger partial charge on any atom is -0.494 e. The molecule has 2 aromatic carbocycles. The molecule has 4 rings (SSSR count). The summed E-state index contributed by atoms with van der Waals surface area (Å²) in [7, 11) is 0. The minimum atomic E-state index is -0.517. The Hall–Kier alpha value is -3.68. The van der Waals surface area contributed by atoms with Crippen molar-refractivity contribution in [1.29, 1.82) is 0 Å². The fourth-order valence-electron chi connectivity index (χ4n) is 4.30. The first-order valence-corrected chi connectivity index (χ1v) is 11.3. The summed E-state index contributed by atoms with van der Waals surface area (Å²) in [5, 5.41) is 14.8. The van der Waals surface area contributed by atoms with Gasteiger partial charge in [-0.3, -0.25) is 19.7 Å². The molecule has 1 aliphatic carbocycles. The van der Waals surface area contributed by atoms with E-state index in [9.17, 15) is 19.7 Å². The zero-order chi connectivity index (χ0) is 23.4. The van der Waals surface area contributed by atoms with E-state index in [0.29, 0.717) is 25.1 Å².